The van der Waals surface area contributed by atoms with Gasteiger partial charge in [0.1, 0.15) is 5.75 Å². The summed E-state index contributed by atoms with van der Waals surface area (Å²) in [5.74, 6) is 0.608. The smallest absolute Gasteiger partial charge is 0.265 e. The molecule has 0 spiro atoms. The van der Waals surface area contributed by atoms with E-state index >= 15 is 0 Å². The molecule has 2 aromatic rings. The summed E-state index contributed by atoms with van der Waals surface area (Å²) < 4.78 is 5.45. The molecule has 4 heteroatoms. The first kappa shape index (κ1) is 13.6. The van der Waals surface area contributed by atoms with E-state index in [4.69, 9.17) is 4.74 Å². The molecule has 3 rings (SSSR count). The second kappa shape index (κ2) is 5.58. The summed E-state index contributed by atoms with van der Waals surface area (Å²) in [7, 11) is 0. The lowest BCUT2D eigenvalue weighted by atomic mass is 10.1. The molecule has 0 aromatic heterocycles. The van der Waals surface area contributed by atoms with Crippen LogP contribution in [0.5, 0.6) is 5.75 Å². The van der Waals surface area contributed by atoms with Crippen LogP contribution in [0.4, 0.5) is 5.69 Å². The van der Waals surface area contributed by atoms with E-state index in [1.807, 2.05) is 31.2 Å². The van der Waals surface area contributed by atoms with Gasteiger partial charge in [-0.2, -0.15) is 0 Å². The van der Waals surface area contributed by atoms with Gasteiger partial charge < -0.3 is 14.7 Å². The zero-order valence-electron chi connectivity index (χ0n) is 11.9. The van der Waals surface area contributed by atoms with E-state index in [0.717, 1.165) is 16.8 Å². The van der Waals surface area contributed by atoms with Crippen molar-refractivity contribution in [2.45, 2.75) is 20.1 Å². The van der Waals surface area contributed by atoms with E-state index in [1.54, 1.807) is 23.1 Å². The number of rotatable bonds is 3. The fourth-order valence-electron chi connectivity index (χ4n) is 2.40. The Kier molecular flexibility index (Phi) is 3.62. The summed E-state index contributed by atoms with van der Waals surface area (Å²) in [5.41, 5.74) is 3.74. The lowest BCUT2D eigenvalue weighted by Gasteiger charge is -2.30. The second-order valence-electron chi connectivity index (χ2n) is 5.21. The zero-order chi connectivity index (χ0) is 14.8. The SMILES string of the molecule is Cc1ccc(CN2C(=O)COc3ccc(CO)cc32)cc1. The molecule has 0 bridgehead atoms. The molecule has 0 fully saturated rings. The second-order valence-corrected chi connectivity index (χ2v) is 5.21. The molecule has 1 amide bonds. The minimum Gasteiger partial charge on any atom is -0.482 e. The van der Waals surface area contributed by atoms with Crippen LogP contribution < -0.4 is 9.64 Å². The van der Waals surface area contributed by atoms with E-state index in [1.165, 1.54) is 5.56 Å². The molecular weight excluding hydrogens is 266 g/mol. The number of fused-ring (bicyclic) bond motifs is 1. The van der Waals surface area contributed by atoms with Gasteiger partial charge in [0.05, 0.1) is 18.8 Å². The highest BCUT2D eigenvalue weighted by atomic mass is 16.5. The van der Waals surface area contributed by atoms with Crippen molar-refractivity contribution in [1.29, 1.82) is 0 Å². The standard InChI is InChI=1S/C17H17NO3/c1-12-2-4-13(5-3-12)9-18-15-8-14(10-19)6-7-16(15)21-11-17(18)20/h2-8,19H,9-11H2,1H3. The molecule has 0 atom stereocenters. The number of hydrogen-bond donors (Lipinski definition) is 1. The molecule has 1 aliphatic heterocycles. The Balaban J connectivity index is 1.94. The average molecular weight is 283 g/mol. The van der Waals surface area contributed by atoms with Gasteiger partial charge >= 0.3 is 0 Å². The van der Waals surface area contributed by atoms with Crippen molar-refractivity contribution in [2.75, 3.05) is 11.5 Å². The van der Waals surface area contributed by atoms with Gasteiger partial charge in [0, 0.05) is 0 Å². The third-order valence-corrected chi connectivity index (χ3v) is 3.61. The predicted molar refractivity (Wildman–Crippen MR) is 80.2 cm³/mol. The molecule has 0 unspecified atom stereocenters. The monoisotopic (exact) mass is 283 g/mol. The summed E-state index contributed by atoms with van der Waals surface area (Å²) in [4.78, 5) is 13.9. The highest BCUT2D eigenvalue weighted by Gasteiger charge is 2.25. The van der Waals surface area contributed by atoms with Crippen LogP contribution >= 0.6 is 0 Å². The van der Waals surface area contributed by atoms with Gasteiger partial charge in [0.2, 0.25) is 0 Å². The first-order chi connectivity index (χ1) is 10.2. The minimum atomic E-state index is -0.0711. The van der Waals surface area contributed by atoms with E-state index in [9.17, 15) is 9.90 Å². The maximum absolute atomic E-state index is 12.2. The third kappa shape index (κ3) is 2.76. The number of aliphatic hydroxyl groups is 1. The third-order valence-electron chi connectivity index (χ3n) is 3.61. The van der Waals surface area contributed by atoms with Crippen LogP contribution in [0.3, 0.4) is 0 Å². The Morgan fingerprint density at radius 2 is 1.86 bits per heavy atom. The van der Waals surface area contributed by atoms with Gasteiger partial charge in [-0.05, 0) is 30.2 Å². The maximum atomic E-state index is 12.2. The largest absolute Gasteiger partial charge is 0.482 e. The van der Waals surface area contributed by atoms with Crippen molar-refractivity contribution in [3.05, 3.63) is 59.2 Å². The average Bonchev–Trinajstić information content (AvgIpc) is 2.51. The Hall–Kier alpha value is -2.33. The number of amides is 1. The Morgan fingerprint density at radius 3 is 2.57 bits per heavy atom. The number of anilines is 1. The molecule has 0 saturated heterocycles. The predicted octanol–water partition coefficient (Wildman–Crippen LogP) is 2.41. The molecule has 4 nitrogen and oxygen atoms in total. The number of nitrogens with zero attached hydrogens (tertiary/aromatic N) is 1. The van der Waals surface area contributed by atoms with Crippen LogP contribution in [0.2, 0.25) is 0 Å². The van der Waals surface area contributed by atoms with E-state index in [2.05, 4.69) is 0 Å². The van der Waals surface area contributed by atoms with E-state index in [0.29, 0.717) is 12.3 Å². The molecule has 2 aromatic carbocycles. The summed E-state index contributed by atoms with van der Waals surface area (Å²) in [6.45, 7) is 2.54. The first-order valence-electron chi connectivity index (χ1n) is 6.90. The molecule has 0 saturated carbocycles. The molecule has 0 radical (unpaired) electrons. The van der Waals surface area contributed by atoms with Crippen LogP contribution in [0, 0.1) is 6.92 Å². The molecule has 1 N–H and O–H groups in total. The first-order valence-corrected chi connectivity index (χ1v) is 6.90. The molecular formula is C17H17NO3. The molecule has 108 valence electrons. The lowest BCUT2D eigenvalue weighted by molar-refractivity contribution is -0.121. The molecule has 1 heterocycles. The zero-order valence-corrected chi connectivity index (χ0v) is 11.9. The Bertz CT molecular complexity index is 664. The lowest BCUT2D eigenvalue weighted by Crippen LogP contribution is -2.38. The fraction of sp³-hybridized carbons (Fsp3) is 0.235. The van der Waals surface area contributed by atoms with Crippen molar-refractivity contribution < 1.29 is 14.6 Å². The number of aryl methyl sites for hydroxylation is 1. The van der Waals surface area contributed by atoms with Crippen LogP contribution in [-0.2, 0) is 17.9 Å². The van der Waals surface area contributed by atoms with Crippen molar-refractivity contribution in [1.82, 2.24) is 0 Å². The van der Waals surface area contributed by atoms with Gasteiger partial charge in [-0.1, -0.05) is 35.9 Å². The van der Waals surface area contributed by atoms with Gasteiger partial charge in [-0.25, -0.2) is 0 Å². The van der Waals surface area contributed by atoms with E-state index < -0.39 is 0 Å². The van der Waals surface area contributed by atoms with Crippen molar-refractivity contribution >= 4 is 11.6 Å². The van der Waals surface area contributed by atoms with Gasteiger partial charge in [-0.3, -0.25) is 4.79 Å². The summed E-state index contributed by atoms with van der Waals surface area (Å²) in [5, 5.41) is 9.27. The van der Waals surface area contributed by atoms with Crippen molar-refractivity contribution in [3.8, 4) is 5.75 Å². The number of ether oxygens (including phenoxy) is 1. The topological polar surface area (TPSA) is 49.8 Å². The number of hydrogen-bond acceptors (Lipinski definition) is 3. The molecule has 21 heavy (non-hydrogen) atoms. The van der Waals surface area contributed by atoms with Gasteiger partial charge in [-0.15, -0.1) is 0 Å². The van der Waals surface area contributed by atoms with Gasteiger partial charge in [0.25, 0.3) is 5.91 Å². The van der Waals surface area contributed by atoms with Crippen molar-refractivity contribution in [2.24, 2.45) is 0 Å². The summed E-state index contributed by atoms with van der Waals surface area (Å²) in [6, 6.07) is 13.5. The molecule has 0 aliphatic carbocycles. The summed E-state index contributed by atoms with van der Waals surface area (Å²) in [6.07, 6.45) is 0. The normalized spacial score (nSPS) is 13.8. The quantitative estimate of drug-likeness (QED) is 0.941. The van der Waals surface area contributed by atoms with E-state index in [-0.39, 0.29) is 19.1 Å². The van der Waals surface area contributed by atoms with Crippen molar-refractivity contribution in [3.63, 3.8) is 0 Å². The number of carbonyl (C=O) groups is 1. The van der Waals surface area contributed by atoms with Gasteiger partial charge in [0.15, 0.2) is 6.61 Å². The minimum absolute atomic E-state index is 0.0529. The number of carbonyl (C=O) groups excluding carboxylic acids is 1. The molecule has 1 aliphatic rings. The van der Waals surface area contributed by atoms with Crippen LogP contribution in [0.25, 0.3) is 0 Å². The summed E-state index contributed by atoms with van der Waals surface area (Å²) >= 11 is 0. The number of aliphatic hydroxyl groups excluding tert-OH is 1. The highest BCUT2D eigenvalue weighted by molar-refractivity contribution is 5.97. The fourth-order valence-corrected chi connectivity index (χ4v) is 2.40. The van der Waals surface area contributed by atoms with Crippen LogP contribution in [-0.4, -0.2) is 17.6 Å². The van der Waals surface area contributed by atoms with Crippen LogP contribution in [0.1, 0.15) is 16.7 Å². The number of benzene rings is 2. The maximum Gasteiger partial charge on any atom is 0.265 e. The Morgan fingerprint density at radius 1 is 1.14 bits per heavy atom. The van der Waals surface area contributed by atoms with Crippen LogP contribution in [0.15, 0.2) is 42.5 Å². The highest BCUT2D eigenvalue weighted by Crippen LogP contribution is 2.34. The Labute approximate surface area is 123 Å².